The Morgan fingerprint density at radius 1 is 1.53 bits per heavy atom. The standard InChI is InChI=1S/C13H18ClFN2O2/c1-4-17(8-13(2,3)19)12(18)16-9-5-6-11(15)10(14)7-9/h5-7,19H,4,8H2,1-3H3,(H,16,18). The van der Waals surface area contributed by atoms with Gasteiger partial charge in [-0.05, 0) is 39.0 Å². The number of hydrogen-bond donors (Lipinski definition) is 2. The highest BCUT2D eigenvalue weighted by Gasteiger charge is 2.21. The summed E-state index contributed by atoms with van der Waals surface area (Å²) < 4.78 is 13.0. The molecule has 0 saturated heterocycles. The van der Waals surface area contributed by atoms with Crippen LogP contribution in [0.15, 0.2) is 18.2 Å². The first-order chi connectivity index (χ1) is 8.73. The van der Waals surface area contributed by atoms with Crippen LogP contribution in [0.1, 0.15) is 20.8 Å². The number of benzene rings is 1. The van der Waals surface area contributed by atoms with Crippen molar-refractivity contribution in [3.05, 3.63) is 29.0 Å². The highest BCUT2D eigenvalue weighted by molar-refractivity contribution is 6.31. The monoisotopic (exact) mass is 288 g/mol. The lowest BCUT2D eigenvalue weighted by Gasteiger charge is -2.28. The van der Waals surface area contributed by atoms with Gasteiger partial charge in [-0.25, -0.2) is 9.18 Å². The molecule has 0 atom stereocenters. The minimum atomic E-state index is -0.978. The van der Waals surface area contributed by atoms with Crippen molar-refractivity contribution >= 4 is 23.3 Å². The fourth-order valence-corrected chi connectivity index (χ4v) is 1.75. The number of likely N-dealkylation sites (N-methyl/N-ethyl adjacent to an activating group) is 1. The molecular weight excluding hydrogens is 271 g/mol. The van der Waals surface area contributed by atoms with Crippen molar-refractivity contribution in [2.75, 3.05) is 18.4 Å². The molecule has 4 nitrogen and oxygen atoms in total. The molecule has 0 unspecified atom stereocenters. The number of nitrogens with one attached hydrogen (secondary N) is 1. The summed E-state index contributed by atoms with van der Waals surface area (Å²) in [6, 6.07) is 3.58. The number of hydrogen-bond acceptors (Lipinski definition) is 2. The van der Waals surface area contributed by atoms with Crippen molar-refractivity contribution in [2.45, 2.75) is 26.4 Å². The number of urea groups is 1. The Morgan fingerprint density at radius 3 is 2.63 bits per heavy atom. The van der Waals surface area contributed by atoms with Crippen LogP contribution in [0, 0.1) is 5.82 Å². The molecule has 0 aliphatic carbocycles. The van der Waals surface area contributed by atoms with Gasteiger partial charge in [-0.3, -0.25) is 0 Å². The lowest BCUT2D eigenvalue weighted by Crippen LogP contribution is -2.44. The molecule has 106 valence electrons. The minimum absolute atomic E-state index is 0.0525. The maximum Gasteiger partial charge on any atom is 0.321 e. The Bertz CT molecular complexity index is 460. The van der Waals surface area contributed by atoms with Crippen molar-refractivity contribution in [2.24, 2.45) is 0 Å². The molecule has 2 N–H and O–H groups in total. The first-order valence-corrected chi connectivity index (χ1v) is 6.34. The van der Waals surface area contributed by atoms with E-state index in [9.17, 15) is 14.3 Å². The number of rotatable bonds is 4. The summed E-state index contributed by atoms with van der Waals surface area (Å²) in [6.07, 6.45) is 0. The first kappa shape index (κ1) is 15.7. The van der Waals surface area contributed by atoms with Crippen LogP contribution in [0.2, 0.25) is 5.02 Å². The maximum absolute atomic E-state index is 13.0. The van der Waals surface area contributed by atoms with Gasteiger partial charge in [0.1, 0.15) is 5.82 Å². The molecule has 0 heterocycles. The van der Waals surface area contributed by atoms with Crippen LogP contribution < -0.4 is 5.32 Å². The minimum Gasteiger partial charge on any atom is -0.389 e. The van der Waals surface area contributed by atoms with Gasteiger partial charge in [0.25, 0.3) is 0 Å². The van der Waals surface area contributed by atoms with E-state index in [-0.39, 0.29) is 17.6 Å². The first-order valence-electron chi connectivity index (χ1n) is 5.96. The lowest BCUT2D eigenvalue weighted by atomic mass is 10.1. The summed E-state index contributed by atoms with van der Waals surface area (Å²) in [5.41, 5.74) is -0.570. The number of carbonyl (C=O) groups is 1. The molecule has 0 fully saturated rings. The summed E-state index contributed by atoms with van der Waals surface area (Å²) in [4.78, 5) is 13.4. The number of carbonyl (C=O) groups excluding carboxylic acids is 1. The van der Waals surface area contributed by atoms with E-state index in [2.05, 4.69) is 5.32 Å². The highest BCUT2D eigenvalue weighted by atomic mass is 35.5. The number of halogens is 2. The van der Waals surface area contributed by atoms with Crippen molar-refractivity contribution in [3.8, 4) is 0 Å². The number of nitrogens with zero attached hydrogens (tertiary/aromatic N) is 1. The highest BCUT2D eigenvalue weighted by Crippen LogP contribution is 2.19. The normalized spacial score (nSPS) is 11.3. The third-order valence-corrected chi connectivity index (χ3v) is 2.71. The van der Waals surface area contributed by atoms with Crippen molar-refractivity contribution in [3.63, 3.8) is 0 Å². The molecule has 1 aromatic carbocycles. The van der Waals surface area contributed by atoms with E-state index in [0.29, 0.717) is 12.2 Å². The van der Waals surface area contributed by atoms with Crippen molar-refractivity contribution in [1.29, 1.82) is 0 Å². The van der Waals surface area contributed by atoms with Crippen LogP contribution in [0.25, 0.3) is 0 Å². The summed E-state index contributed by atoms with van der Waals surface area (Å²) in [6.45, 7) is 5.70. The Labute approximate surface area is 117 Å². The largest absolute Gasteiger partial charge is 0.389 e. The second kappa shape index (κ2) is 6.21. The summed E-state index contributed by atoms with van der Waals surface area (Å²) in [5.74, 6) is -0.538. The third-order valence-electron chi connectivity index (χ3n) is 2.42. The van der Waals surface area contributed by atoms with Crippen molar-refractivity contribution < 1.29 is 14.3 Å². The van der Waals surface area contributed by atoms with E-state index < -0.39 is 11.4 Å². The maximum atomic E-state index is 13.0. The van der Waals surface area contributed by atoms with Crippen molar-refractivity contribution in [1.82, 2.24) is 4.90 Å². The topological polar surface area (TPSA) is 52.6 Å². The zero-order chi connectivity index (χ0) is 14.6. The summed E-state index contributed by atoms with van der Waals surface area (Å²) >= 11 is 5.64. The van der Waals surface area contributed by atoms with Gasteiger partial charge in [0.05, 0.1) is 17.2 Å². The second-order valence-electron chi connectivity index (χ2n) is 4.89. The van der Waals surface area contributed by atoms with Crippen LogP contribution in [-0.4, -0.2) is 34.7 Å². The molecule has 2 amide bonds. The van der Waals surface area contributed by atoms with E-state index >= 15 is 0 Å². The predicted octanol–water partition coefficient (Wildman–Crippen LogP) is 3.10. The smallest absolute Gasteiger partial charge is 0.321 e. The zero-order valence-corrected chi connectivity index (χ0v) is 12.0. The van der Waals surface area contributed by atoms with Gasteiger partial charge in [-0.2, -0.15) is 0 Å². The van der Waals surface area contributed by atoms with Crippen LogP contribution in [0.3, 0.4) is 0 Å². The van der Waals surface area contributed by atoms with E-state index in [1.807, 2.05) is 6.92 Å². The lowest BCUT2D eigenvalue weighted by molar-refractivity contribution is 0.0501. The number of aliphatic hydroxyl groups is 1. The number of anilines is 1. The zero-order valence-electron chi connectivity index (χ0n) is 11.2. The molecule has 6 heteroatoms. The van der Waals surface area contributed by atoms with Gasteiger partial charge < -0.3 is 15.3 Å². The molecule has 1 rings (SSSR count). The van der Waals surface area contributed by atoms with Gasteiger partial charge in [0, 0.05) is 12.2 Å². The Balaban J connectivity index is 2.74. The molecule has 0 radical (unpaired) electrons. The molecule has 0 saturated carbocycles. The Kier molecular flexibility index (Phi) is 5.14. The fourth-order valence-electron chi connectivity index (χ4n) is 1.57. The number of amides is 2. The fraction of sp³-hybridized carbons (Fsp3) is 0.462. The quantitative estimate of drug-likeness (QED) is 0.894. The molecule has 0 aliphatic heterocycles. The Hall–Kier alpha value is -1.33. The van der Waals surface area contributed by atoms with E-state index in [1.54, 1.807) is 13.8 Å². The molecule has 0 aliphatic rings. The molecule has 1 aromatic rings. The SMILES string of the molecule is CCN(CC(C)(C)O)C(=O)Nc1ccc(F)c(Cl)c1. The van der Waals surface area contributed by atoms with Crippen LogP contribution in [0.5, 0.6) is 0 Å². The van der Waals surface area contributed by atoms with Crippen LogP contribution >= 0.6 is 11.6 Å². The van der Waals surface area contributed by atoms with Gasteiger partial charge >= 0.3 is 6.03 Å². The van der Waals surface area contributed by atoms with Crippen LogP contribution in [0.4, 0.5) is 14.9 Å². The van der Waals surface area contributed by atoms with E-state index in [0.717, 1.165) is 0 Å². The van der Waals surface area contributed by atoms with Gasteiger partial charge in [0.2, 0.25) is 0 Å². The Morgan fingerprint density at radius 2 is 2.16 bits per heavy atom. The van der Waals surface area contributed by atoms with Gasteiger partial charge in [-0.1, -0.05) is 11.6 Å². The molecule has 0 aromatic heterocycles. The van der Waals surface area contributed by atoms with Crippen LogP contribution in [-0.2, 0) is 0 Å². The van der Waals surface area contributed by atoms with E-state index in [1.165, 1.54) is 23.1 Å². The molecule has 0 spiro atoms. The summed E-state index contributed by atoms with van der Waals surface area (Å²) in [5, 5.41) is 12.3. The third kappa shape index (κ3) is 5.04. The predicted molar refractivity (Wildman–Crippen MR) is 74.0 cm³/mol. The molecular formula is C13H18ClFN2O2. The summed E-state index contributed by atoms with van der Waals surface area (Å²) in [7, 11) is 0. The average molecular weight is 289 g/mol. The molecule has 0 bridgehead atoms. The second-order valence-corrected chi connectivity index (χ2v) is 5.29. The average Bonchev–Trinajstić information content (AvgIpc) is 2.29. The van der Waals surface area contributed by atoms with E-state index in [4.69, 9.17) is 11.6 Å². The van der Waals surface area contributed by atoms with Gasteiger partial charge in [-0.15, -0.1) is 0 Å². The molecule has 19 heavy (non-hydrogen) atoms. The van der Waals surface area contributed by atoms with Gasteiger partial charge in [0.15, 0.2) is 0 Å².